The van der Waals surface area contributed by atoms with E-state index >= 15 is 0 Å². The molecule has 5 heteroatoms. The van der Waals surface area contributed by atoms with Crippen molar-refractivity contribution >= 4 is 0 Å². The van der Waals surface area contributed by atoms with Gasteiger partial charge in [0.2, 0.25) is 11.6 Å². The Balaban J connectivity index is 2.49. The average Bonchev–Trinajstić information content (AvgIpc) is 2.47. The van der Waals surface area contributed by atoms with Crippen molar-refractivity contribution in [1.29, 1.82) is 0 Å². The van der Waals surface area contributed by atoms with Gasteiger partial charge in [0, 0.05) is 18.0 Å². The highest BCUT2D eigenvalue weighted by molar-refractivity contribution is 5.53. The summed E-state index contributed by atoms with van der Waals surface area (Å²) in [5.41, 5.74) is 0.838. The summed E-state index contributed by atoms with van der Waals surface area (Å²) in [7, 11) is 4.40. The average molecular weight is 269 g/mol. The van der Waals surface area contributed by atoms with Gasteiger partial charge in [-0.25, -0.2) is 0 Å². The van der Waals surface area contributed by atoms with Gasteiger partial charge in [-0.1, -0.05) is 0 Å². The van der Waals surface area contributed by atoms with E-state index < -0.39 is 5.82 Å². The second-order valence-corrected chi connectivity index (χ2v) is 4.59. The molecule has 0 bridgehead atoms. The van der Waals surface area contributed by atoms with Crippen molar-refractivity contribution in [2.45, 2.75) is 18.8 Å². The minimum Gasteiger partial charge on any atom is -0.493 e. The summed E-state index contributed by atoms with van der Waals surface area (Å²) < 4.78 is 29.9. The largest absolute Gasteiger partial charge is 0.493 e. The van der Waals surface area contributed by atoms with Gasteiger partial charge in [-0.3, -0.25) is 0 Å². The van der Waals surface area contributed by atoms with E-state index in [1.165, 1.54) is 21.3 Å². The van der Waals surface area contributed by atoms with Crippen molar-refractivity contribution in [2.24, 2.45) is 0 Å². The summed E-state index contributed by atoms with van der Waals surface area (Å²) in [5, 5.41) is 3.32. The maximum Gasteiger partial charge on any atom is 0.210 e. The summed E-state index contributed by atoms with van der Waals surface area (Å²) in [6, 6.07) is 1.82. The molecule has 1 aliphatic heterocycles. The molecule has 1 aromatic carbocycles. The molecule has 4 nitrogen and oxygen atoms in total. The maximum atomic E-state index is 14.4. The summed E-state index contributed by atoms with van der Waals surface area (Å²) in [6.07, 6.45) is 2.09. The number of ether oxygens (including phenoxy) is 3. The van der Waals surface area contributed by atoms with Crippen LogP contribution in [0, 0.1) is 5.82 Å². The predicted molar refractivity (Wildman–Crippen MR) is 70.9 cm³/mol. The minimum absolute atomic E-state index is 0.0897. The van der Waals surface area contributed by atoms with Crippen LogP contribution in [0.1, 0.15) is 24.3 Å². The number of rotatable bonds is 4. The lowest BCUT2D eigenvalue weighted by Gasteiger charge is -2.26. The van der Waals surface area contributed by atoms with Gasteiger partial charge in [0.25, 0.3) is 0 Å². The molecule has 1 saturated heterocycles. The molecule has 0 saturated carbocycles. The Morgan fingerprint density at radius 2 is 1.89 bits per heavy atom. The Morgan fingerprint density at radius 1 is 1.16 bits per heavy atom. The Labute approximate surface area is 112 Å². The fourth-order valence-corrected chi connectivity index (χ4v) is 2.58. The third kappa shape index (κ3) is 2.61. The first-order valence-electron chi connectivity index (χ1n) is 6.42. The van der Waals surface area contributed by atoms with Crippen LogP contribution in [0.15, 0.2) is 6.07 Å². The lowest BCUT2D eigenvalue weighted by atomic mass is 9.90. The molecule has 0 amide bonds. The highest BCUT2D eigenvalue weighted by Crippen LogP contribution is 2.42. The zero-order valence-electron chi connectivity index (χ0n) is 11.6. The van der Waals surface area contributed by atoms with Crippen LogP contribution in [0.2, 0.25) is 0 Å². The summed E-state index contributed by atoms with van der Waals surface area (Å²) in [5.74, 6) is 0.488. The van der Waals surface area contributed by atoms with Crippen molar-refractivity contribution in [3.63, 3.8) is 0 Å². The van der Waals surface area contributed by atoms with E-state index in [-0.39, 0.29) is 17.4 Å². The molecular formula is C14H20FNO3. The summed E-state index contributed by atoms with van der Waals surface area (Å²) in [4.78, 5) is 0. The van der Waals surface area contributed by atoms with Crippen molar-refractivity contribution in [3.8, 4) is 17.2 Å². The molecule has 19 heavy (non-hydrogen) atoms. The number of methoxy groups -OCH3 is 3. The molecule has 1 aliphatic rings. The van der Waals surface area contributed by atoms with E-state index in [1.807, 2.05) is 6.07 Å². The monoisotopic (exact) mass is 269 g/mol. The van der Waals surface area contributed by atoms with Gasteiger partial charge in [0.1, 0.15) is 0 Å². The van der Waals surface area contributed by atoms with Crippen LogP contribution in [0.3, 0.4) is 0 Å². The highest BCUT2D eigenvalue weighted by Gasteiger charge is 2.26. The Bertz CT molecular complexity index is 445. The number of nitrogens with one attached hydrogen (secondary N) is 1. The lowest BCUT2D eigenvalue weighted by Crippen LogP contribution is -2.28. The topological polar surface area (TPSA) is 39.7 Å². The summed E-state index contributed by atoms with van der Waals surface area (Å²) >= 11 is 0. The first-order valence-corrected chi connectivity index (χ1v) is 6.42. The fourth-order valence-electron chi connectivity index (χ4n) is 2.58. The Hall–Kier alpha value is -1.49. The first-order chi connectivity index (χ1) is 9.22. The van der Waals surface area contributed by atoms with Gasteiger partial charge in [-0.15, -0.1) is 0 Å². The van der Waals surface area contributed by atoms with Gasteiger partial charge in [-0.05, 0) is 25.5 Å². The van der Waals surface area contributed by atoms with Crippen LogP contribution < -0.4 is 19.5 Å². The molecule has 1 N–H and O–H groups in total. The van der Waals surface area contributed by atoms with E-state index in [9.17, 15) is 4.39 Å². The van der Waals surface area contributed by atoms with Gasteiger partial charge in [0.15, 0.2) is 11.5 Å². The van der Waals surface area contributed by atoms with Crippen molar-refractivity contribution in [2.75, 3.05) is 34.4 Å². The van der Waals surface area contributed by atoms with E-state index in [0.717, 1.165) is 31.5 Å². The van der Waals surface area contributed by atoms with Crippen LogP contribution >= 0.6 is 0 Å². The van der Waals surface area contributed by atoms with Gasteiger partial charge in [0.05, 0.1) is 21.3 Å². The van der Waals surface area contributed by atoms with Crippen LogP contribution in [0.25, 0.3) is 0 Å². The molecule has 1 aromatic rings. The number of hydrogen-bond acceptors (Lipinski definition) is 4. The van der Waals surface area contributed by atoms with Gasteiger partial charge < -0.3 is 19.5 Å². The number of piperidine rings is 1. The second-order valence-electron chi connectivity index (χ2n) is 4.59. The fraction of sp³-hybridized carbons (Fsp3) is 0.571. The standard InChI is InChI=1S/C14H20FNO3/c1-17-11-7-10(9-5-4-6-16-8-9)13(18-2)12(15)14(11)19-3/h7,9,16H,4-6,8H2,1-3H3. The third-order valence-electron chi connectivity index (χ3n) is 3.54. The SMILES string of the molecule is COc1cc(C2CCCNC2)c(OC)c(F)c1OC. The summed E-state index contributed by atoms with van der Waals surface area (Å²) in [6.45, 7) is 1.83. The molecule has 106 valence electrons. The minimum atomic E-state index is -0.495. The van der Waals surface area contributed by atoms with Gasteiger partial charge in [-0.2, -0.15) is 4.39 Å². The molecule has 0 radical (unpaired) electrons. The molecule has 0 aromatic heterocycles. The molecule has 1 heterocycles. The van der Waals surface area contributed by atoms with E-state index in [0.29, 0.717) is 5.75 Å². The van der Waals surface area contributed by atoms with Crippen LogP contribution in [0.4, 0.5) is 4.39 Å². The van der Waals surface area contributed by atoms with Crippen LogP contribution in [0.5, 0.6) is 17.2 Å². The van der Waals surface area contributed by atoms with Crippen LogP contribution in [-0.2, 0) is 0 Å². The predicted octanol–water partition coefficient (Wildman–Crippen LogP) is 2.32. The molecule has 1 fully saturated rings. The second kappa shape index (κ2) is 6.10. The zero-order chi connectivity index (χ0) is 13.8. The van der Waals surface area contributed by atoms with Crippen molar-refractivity contribution in [3.05, 3.63) is 17.4 Å². The quantitative estimate of drug-likeness (QED) is 0.910. The Morgan fingerprint density at radius 3 is 2.42 bits per heavy atom. The van der Waals surface area contributed by atoms with Gasteiger partial charge >= 0.3 is 0 Å². The number of halogens is 1. The highest BCUT2D eigenvalue weighted by atomic mass is 19.1. The van der Waals surface area contributed by atoms with E-state index in [1.54, 1.807) is 0 Å². The maximum absolute atomic E-state index is 14.4. The first kappa shape index (κ1) is 13.9. The zero-order valence-corrected chi connectivity index (χ0v) is 11.6. The molecule has 0 aliphatic carbocycles. The molecule has 0 spiro atoms. The smallest absolute Gasteiger partial charge is 0.210 e. The van der Waals surface area contributed by atoms with Crippen molar-refractivity contribution < 1.29 is 18.6 Å². The number of hydrogen-bond donors (Lipinski definition) is 1. The lowest BCUT2D eigenvalue weighted by molar-refractivity contribution is 0.314. The molecule has 1 unspecified atom stereocenters. The number of benzene rings is 1. The third-order valence-corrected chi connectivity index (χ3v) is 3.54. The van der Waals surface area contributed by atoms with Crippen molar-refractivity contribution in [1.82, 2.24) is 5.32 Å². The normalized spacial score (nSPS) is 19.1. The van der Waals surface area contributed by atoms with E-state index in [4.69, 9.17) is 14.2 Å². The molecule has 2 rings (SSSR count). The van der Waals surface area contributed by atoms with Crippen LogP contribution in [-0.4, -0.2) is 34.4 Å². The van der Waals surface area contributed by atoms with E-state index in [2.05, 4.69) is 5.32 Å². The molecular weight excluding hydrogens is 249 g/mol. The molecule has 1 atom stereocenters. The Kier molecular flexibility index (Phi) is 4.47.